The van der Waals surface area contributed by atoms with E-state index in [1.165, 1.54) is 0 Å². The van der Waals surface area contributed by atoms with Crippen molar-refractivity contribution in [1.82, 2.24) is 19.7 Å². The third kappa shape index (κ3) is 3.01. The number of aliphatic hydroxyl groups is 1. The minimum atomic E-state index is -0.675. The summed E-state index contributed by atoms with van der Waals surface area (Å²) in [5, 5.41) is 14.7. The van der Waals surface area contributed by atoms with Crippen molar-refractivity contribution < 1.29 is 5.11 Å². The molecule has 0 bridgehead atoms. The molecular weight excluding hydrogens is 308 g/mol. The summed E-state index contributed by atoms with van der Waals surface area (Å²) in [7, 11) is 0. The highest BCUT2D eigenvalue weighted by atomic mass is 79.9. The van der Waals surface area contributed by atoms with E-state index < -0.39 is 6.10 Å². The maximum absolute atomic E-state index is 10.3. The third-order valence-electron chi connectivity index (χ3n) is 2.98. The summed E-state index contributed by atoms with van der Waals surface area (Å²) in [5.74, 6) is 0. The molecule has 0 aliphatic rings. The Kier molecular flexibility index (Phi) is 4.31. The van der Waals surface area contributed by atoms with Crippen molar-refractivity contribution in [2.75, 3.05) is 0 Å². The first-order valence-corrected chi connectivity index (χ1v) is 7.00. The Balaban J connectivity index is 2.23. The molecule has 6 heteroatoms. The lowest BCUT2D eigenvalue weighted by Gasteiger charge is -2.11. The zero-order valence-electron chi connectivity index (χ0n) is 11.3. The van der Waals surface area contributed by atoms with Crippen LogP contribution >= 0.6 is 15.9 Å². The highest BCUT2D eigenvalue weighted by molar-refractivity contribution is 9.10. The van der Waals surface area contributed by atoms with Crippen LogP contribution in [0.15, 0.2) is 16.9 Å². The van der Waals surface area contributed by atoms with Crippen LogP contribution in [0.5, 0.6) is 0 Å². The molecule has 0 amide bonds. The second-order valence-corrected chi connectivity index (χ2v) is 5.26. The van der Waals surface area contributed by atoms with Gasteiger partial charge in [0.05, 0.1) is 33.4 Å². The first kappa shape index (κ1) is 14.1. The van der Waals surface area contributed by atoms with Crippen molar-refractivity contribution in [3.8, 4) is 0 Å². The standard InChI is InChI=1S/C13H17BrN4O/c1-4-18-11(13(14)9(3)17-18)5-12(19)10-7-15-8(2)6-16-10/h6-7,12,19H,4-5H2,1-3H3. The lowest BCUT2D eigenvalue weighted by molar-refractivity contribution is 0.170. The molecule has 1 N–H and O–H groups in total. The van der Waals surface area contributed by atoms with Gasteiger partial charge in [0.15, 0.2) is 0 Å². The summed E-state index contributed by atoms with van der Waals surface area (Å²) >= 11 is 3.52. The monoisotopic (exact) mass is 324 g/mol. The first-order valence-electron chi connectivity index (χ1n) is 6.21. The van der Waals surface area contributed by atoms with Crippen LogP contribution in [0, 0.1) is 13.8 Å². The fourth-order valence-electron chi connectivity index (χ4n) is 1.93. The van der Waals surface area contributed by atoms with E-state index in [2.05, 4.69) is 31.0 Å². The number of hydrogen-bond acceptors (Lipinski definition) is 4. The van der Waals surface area contributed by atoms with Gasteiger partial charge in [-0.1, -0.05) is 0 Å². The Morgan fingerprint density at radius 3 is 2.63 bits per heavy atom. The Hall–Kier alpha value is -1.27. The molecule has 0 aliphatic carbocycles. The zero-order valence-corrected chi connectivity index (χ0v) is 12.8. The van der Waals surface area contributed by atoms with Gasteiger partial charge in [0.1, 0.15) is 6.10 Å². The van der Waals surface area contributed by atoms with Crippen LogP contribution in [-0.4, -0.2) is 24.9 Å². The highest BCUT2D eigenvalue weighted by Crippen LogP contribution is 2.25. The fraction of sp³-hybridized carbons (Fsp3) is 0.462. The van der Waals surface area contributed by atoms with E-state index in [1.807, 2.05) is 25.5 Å². The number of aromatic nitrogens is 4. The van der Waals surface area contributed by atoms with Crippen molar-refractivity contribution in [3.63, 3.8) is 0 Å². The van der Waals surface area contributed by atoms with Crippen LogP contribution in [0.2, 0.25) is 0 Å². The zero-order chi connectivity index (χ0) is 14.0. The molecule has 0 radical (unpaired) electrons. The fourth-order valence-corrected chi connectivity index (χ4v) is 2.37. The molecule has 2 heterocycles. The quantitative estimate of drug-likeness (QED) is 0.937. The summed E-state index contributed by atoms with van der Waals surface area (Å²) in [6.07, 6.45) is 3.07. The van der Waals surface area contributed by atoms with Crippen LogP contribution in [-0.2, 0) is 13.0 Å². The third-order valence-corrected chi connectivity index (χ3v) is 4.01. The molecule has 102 valence electrons. The molecule has 0 saturated heterocycles. The van der Waals surface area contributed by atoms with Crippen molar-refractivity contribution >= 4 is 15.9 Å². The molecule has 2 aromatic rings. The lowest BCUT2D eigenvalue weighted by Crippen LogP contribution is -2.10. The normalized spacial score (nSPS) is 12.7. The number of aliphatic hydroxyl groups excluding tert-OH is 1. The number of rotatable bonds is 4. The second-order valence-electron chi connectivity index (χ2n) is 4.46. The largest absolute Gasteiger partial charge is 0.386 e. The van der Waals surface area contributed by atoms with E-state index in [9.17, 15) is 5.11 Å². The van der Waals surface area contributed by atoms with Gasteiger partial charge in [-0.2, -0.15) is 5.10 Å². The molecular formula is C13H17BrN4O. The molecule has 0 spiro atoms. The van der Waals surface area contributed by atoms with Gasteiger partial charge in [-0.3, -0.25) is 14.6 Å². The average Bonchev–Trinajstić information content (AvgIpc) is 2.67. The van der Waals surface area contributed by atoms with Crippen molar-refractivity contribution in [3.05, 3.63) is 39.6 Å². The Morgan fingerprint density at radius 2 is 2.05 bits per heavy atom. The Morgan fingerprint density at radius 1 is 1.32 bits per heavy atom. The minimum Gasteiger partial charge on any atom is -0.386 e. The number of hydrogen-bond donors (Lipinski definition) is 1. The van der Waals surface area contributed by atoms with Gasteiger partial charge in [0, 0.05) is 19.2 Å². The molecule has 0 fully saturated rings. The van der Waals surface area contributed by atoms with Crippen molar-refractivity contribution in [2.24, 2.45) is 0 Å². The van der Waals surface area contributed by atoms with Crippen LogP contribution in [0.25, 0.3) is 0 Å². The first-order chi connectivity index (χ1) is 9.02. The number of aryl methyl sites for hydroxylation is 3. The summed E-state index contributed by atoms with van der Waals surface area (Å²) in [5.41, 5.74) is 3.33. The molecule has 2 rings (SSSR count). The van der Waals surface area contributed by atoms with Gasteiger partial charge in [0.2, 0.25) is 0 Å². The Labute approximate surface area is 120 Å². The van der Waals surface area contributed by atoms with E-state index in [0.717, 1.165) is 28.1 Å². The van der Waals surface area contributed by atoms with Crippen molar-refractivity contribution in [1.29, 1.82) is 0 Å². The maximum atomic E-state index is 10.3. The molecule has 0 aliphatic heterocycles. The predicted octanol–water partition coefficient (Wildman–Crippen LogP) is 2.35. The van der Waals surface area contributed by atoms with Gasteiger partial charge in [-0.15, -0.1) is 0 Å². The number of nitrogens with zero attached hydrogens (tertiary/aromatic N) is 4. The molecule has 0 aromatic carbocycles. The summed E-state index contributed by atoms with van der Waals surface area (Å²) in [4.78, 5) is 8.36. The topological polar surface area (TPSA) is 63.8 Å². The van der Waals surface area contributed by atoms with Crippen LogP contribution < -0.4 is 0 Å². The van der Waals surface area contributed by atoms with Gasteiger partial charge >= 0.3 is 0 Å². The summed E-state index contributed by atoms with van der Waals surface area (Å²) in [6.45, 7) is 6.61. The van der Waals surface area contributed by atoms with Gasteiger partial charge in [0.25, 0.3) is 0 Å². The second kappa shape index (κ2) is 5.79. The molecule has 19 heavy (non-hydrogen) atoms. The van der Waals surface area contributed by atoms with Gasteiger partial charge < -0.3 is 5.11 Å². The predicted molar refractivity (Wildman–Crippen MR) is 75.8 cm³/mol. The SMILES string of the molecule is CCn1nc(C)c(Br)c1CC(O)c1cnc(C)cn1. The average molecular weight is 325 g/mol. The number of halogens is 1. The minimum absolute atomic E-state index is 0.465. The van der Waals surface area contributed by atoms with Crippen LogP contribution in [0.4, 0.5) is 0 Å². The molecule has 0 saturated carbocycles. The van der Waals surface area contributed by atoms with E-state index >= 15 is 0 Å². The van der Waals surface area contributed by atoms with Gasteiger partial charge in [-0.05, 0) is 36.7 Å². The summed E-state index contributed by atoms with van der Waals surface area (Å²) in [6, 6.07) is 0. The summed E-state index contributed by atoms with van der Waals surface area (Å²) < 4.78 is 2.85. The smallest absolute Gasteiger partial charge is 0.103 e. The molecule has 5 nitrogen and oxygen atoms in total. The maximum Gasteiger partial charge on any atom is 0.103 e. The van der Waals surface area contributed by atoms with Crippen LogP contribution in [0.1, 0.15) is 35.8 Å². The van der Waals surface area contributed by atoms with Gasteiger partial charge in [-0.25, -0.2) is 0 Å². The van der Waals surface area contributed by atoms with E-state index in [4.69, 9.17) is 0 Å². The Bertz CT molecular complexity index is 565. The molecule has 1 atom stereocenters. The highest BCUT2D eigenvalue weighted by Gasteiger charge is 2.18. The van der Waals surface area contributed by atoms with E-state index in [1.54, 1.807) is 12.4 Å². The van der Waals surface area contributed by atoms with Crippen molar-refractivity contribution in [2.45, 2.75) is 39.8 Å². The molecule has 1 unspecified atom stereocenters. The molecule has 2 aromatic heterocycles. The van der Waals surface area contributed by atoms with E-state index in [0.29, 0.717) is 12.1 Å². The van der Waals surface area contributed by atoms with Crippen LogP contribution in [0.3, 0.4) is 0 Å². The van der Waals surface area contributed by atoms with E-state index in [-0.39, 0.29) is 0 Å². The lowest BCUT2D eigenvalue weighted by atomic mass is 10.1.